The van der Waals surface area contributed by atoms with Gasteiger partial charge in [0.05, 0.1) is 25.9 Å². The van der Waals surface area contributed by atoms with Crippen molar-refractivity contribution in [1.29, 1.82) is 0 Å². The molecule has 2 N–H and O–H groups in total. The number of sulfonamides is 1. The van der Waals surface area contributed by atoms with Crippen molar-refractivity contribution in [3.63, 3.8) is 0 Å². The largest absolute Gasteiger partial charge is 0.384 e. The molecule has 114 valence electrons. The van der Waals surface area contributed by atoms with Gasteiger partial charge in [-0.15, -0.1) is 0 Å². The van der Waals surface area contributed by atoms with Crippen LogP contribution in [0.15, 0.2) is 23.4 Å². The highest BCUT2D eigenvalue weighted by Crippen LogP contribution is 2.09. The van der Waals surface area contributed by atoms with Gasteiger partial charge in [-0.3, -0.25) is 4.98 Å². The van der Waals surface area contributed by atoms with E-state index in [1.807, 2.05) is 0 Å². The molecule has 1 unspecified atom stereocenters. The fraction of sp³-hybridized carbons (Fsp3) is 0.462. The Balaban J connectivity index is 2.04. The van der Waals surface area contributed by atoms with Crippen LogP contribution in [-0.2, 0) is 19.5 Å². The maximum Gasteiger partial charge on any atom is 0.242 e. The molecule has 1 aromatic heterocycles. The van der Waals surface area contributed by atoms with Crippen LogP contribution in [0.3, 0.4) is 0 Å². The van der Waals surface area contributed by atoms with Crippen LogP contribution in [0.5, 0.6) is 0 Å². The third-order valence-electron chi connectivity index (χ3n) is 2.72. The van der Waals surface area contributed by atoms with Crippen LogP contribution in [0.1, 0.15) is 5.56 Å². The standard InChI is InChI=1S/C13H16N2O5S/c16-3-1-2-11-6-13(9-14-7-11)21(17,18)15-8-12-10-19-4-5-20-12/h6-7,9,12,15-16H,3-5,8,10H2. The first-order valence-corrected chi connectivity index (χ1v) is 7.84. The monoisotopic (exact) mass is 312 g/mol. The molecule has 1 aliphatic heterocycles. The first-order valence-electron chi connectivity index (χ1n) is 6.35. The summed E-state index contributed by atoms with van der Waals surface area (Å²) in [6, 6.07) is 1.40. The molecule has 0 radical (unpaired) electrons. The Morgan fingerprint density at radius 2 is 2.29 bits per heavy atom. The van der Waals surface area contributed by atoms with Crippen molar-refractivity contribution in [2.75, 3.05) is 33.0 Å². The van der Waals surface area contributed by atoms with Crippen molar-refractivity contribution in [3.05, 3.63) is 24.0 Å². The van der Waals surface area contributed by atoms with E-state index < -0.39 is 10.0 Å². The highest BCUT2D eigenvalue weighted by molar-refractivity contribution is 7.89. The van der Waals surface area contributed by atoms with Gasteiger partial charge < -0.3 is 14.6 Å². The first-order chi connectivity index (χ1) is 10.1. The second-order valence-corrected chi connectivity index (χ2v) is 6.06. The molecule has 0 bridgehead atoms. The molecule has 1 aromatic rings. The average Bonchev–Trinajstić information content (AvgIpc) is 2.52. The molecule has 0 amide bonds. The van der Waals surface area contributed by atoms with Crippen molar-refractivity contribution in [3.8, 4) is 11.8 Å². The van der Waals surface area contributed by atoms with E-state index in [4.69, 9.17) is 14.6 Å². The normalized spacial score (nSPS) is 18.8. The zero-order chi connectivity index (χ0) is 15.1. The number of aliphatic hydroxyl groups is 1. The molecular weight excluding hydrogens is 296 g/mol. The summed E-state index contributed by atoms with van der Waals surface area (Å²) in [6.07, 6.45) is 2.38. The molecule has 1 aliphatic rings. The Bertz CT molecular complexity index is 629. The molecule has 8 heteroatoms. The van der Waals surface area contributed by atoms with E-state index in [-0.39, 0.29) is 24.2 Å². The Morgan fingerprint density at radius 1 is 1.43 bits per heavy atom. The number of nitrogens with zero attached hydrogens (tertiary/aromatic N) is 1. The third-order valence-corrected chi connectivity index (χ3v) is 4.11. The van der Waals surface area contributed by atoms with Crippen molar-refractivity contribution in [2.45, 2.75) is 11.0 Å². The van der Waals surface area contributed by atoms with Gasteiger partial charge in [0.15, 0.2) is 0 Å². The molecule has 0 aromatic carbocycles. The number of rotatable bonds is 4. The third kappa shape index (κ3) is 4.77. The van der Waals surface area contributed by atoms with Gasteiger partial charge in [0, 0.05) is 24.5 Å². The van der Waals surface area contributed by atoms with Gasteiger partial charge in [-0.1, -0.05) is 11.8 Å². The Kier molecular flexibility index (Phi) is 5.67. The van der Waals surface area contributed by atoms with Gasteiger partial charge in [-0.2, -0.15) is 0 Å². The molecule has 2 rings (SSSR count). The van der Waals surface area contributed by atoms with E-state index in [9.17, 15) is 8.42 Å². The average molecular weight is 312 g/mol. The molecule has 7 nitrogen and oxygen atoms in total. The van der Waals surface area contributed by atoms with Gasteiger partial charge in [0.2, 0.25) is 10.0 Å². The van der Waals surface area contributed by atoms with Crippen LogP contribution < -0.4 is 4.72 Å². The molecule has 0 spiro atoms. The fourth-order valence-electron chi connectivity index (χ4n) is 1.72. The van der Waals surface area contributed by atoms with Crippen LogP contribution in [0.2, 0.25) is 0 Å². The van der Waals surface area contributed by atoms with Crippen molar-refractivity contribution < 1.29 is 23.0 Å². The van der Waals surface area contributed by atoms with Gasteiger partial charge in [-0.05, 0) is 6.07 Å². The minimum Gasteiger partial charge on any atom is -0.384 e. The lowest BCUT2D eigenvalue weighted by molar-refractivity contribution is -0.0846. The van der Waals surface area contributed by atoms with Gasteiger partial charge in [-0.25, -0.2) is 13.1 Å². The number of pyridine rings is 1. The lowest BCUT2D eigenvalue weighted by atomic mass is 10.3. The summed E-state index contributed by atoms with van der Waals surface area (Å²) in [5.74, 6) is 5.05. The van der Waals surface area contributed by atoms with E-state index in [0.29, 0.717) is 25.4 Å². The number of hydrogen-bond acceptors (Lipinski definition) is 6. The molecule has 1 saturated heterocycles. The molecule has 21 heavy (non-hydrogen) atoms. The lowest BCUT2D eigenvalue weighted by Gasteiger charge is -2.23. The number of ether oxygens (including phenoxy) is 2. The molecule has 0 aliphatic carbocycles. The van der Waals surface area contributed by atoms with E-state index in [1.165, 1.54) is 18.5 Å². The van der Waals surface area contributed by atoms with Crippen LogP contribution >= 0.6 is 0 Å². The van der Waals surface area contributed by atoms with Crippen LogP contribution in [0, 0.1) is 11.8 Å². The van der Waals surface area contributed by atoms with Crippen LogP contribution in [-0.4, -0.2) is 57.6 Å². The minimum absolute atomic E-state index is 0.0176. The Morgan fingerprint density at radius 3 is 3.00 bits per heavy atom. The number of hydrogen-bond donors (Lipinski definition) is 2. The summed E-state index contributed by atoms with van der Waals surface area (Å²) in [6.45, 7) is 1.19. The second kappa shape index (κ2) is 7.49. The van der Waals surface area contributed by atoms with E-state index in [2.05, 4.69) is 21.5 Å². The van der Waals surface area contributed by atoms with Crippen LogP contribution in [0.4, 0.5) is 0 Å². The quantitative estimate of drug-likeness (QED) is 0.701. The van der Waals surface area contributed by atoms with E-state index in [1.54, 1.807) is 0 Å². The zero-order valence-corrected chi connectivity index (χ0v) is 12.1. The predicted molar refractivity (Wildman–Crippen MR) is 73.9 cm³/mol. The van der Waals surface area contributed by atoms with Gasteiger partial charge in [0.1, 0.15) is 11.5 Å². The summed E-state index contributed by atoms with van der Waals surface area (Å²) < 4.78 is 37.3. The highest BCUT2D eigenvalue weighted by atomic mass is 32.2. The molecule has 1 fully saturated rings. The van der Waals surface area contributed by atoms with Crippen molar-refractivity contribution in [2.24, 2.45) is 0 Å². The summed E-state index contributed by atoms with van der Waals surface area (Å²) in [5.41, 5.74) is 0.421. The summed E-state index contributed by atoms with van der Waals surface area (Å²) >= 11 is 0. The topological polar surface area (TPSA) is 97.8 Å². The maximum atomic E-state index is 12.2. The van der Waals surface area contributed by atoms with Crippen molar-refractivity contribution in [1.82, 2.24) is 9.71 Å². The van der Waals surface area contributed by atoms with Gasteiger partial charge >= 0.3 is 0 Å². The Hall–Kier alpha value is -1.50. The second-order valence-electron chi connectivity index (χ2n) is 4.29. The lowest BCUT2D eigenvalue weighted by Crippen LogP contribution is -2.39. The minimum atomic E-state index is -3.69. The number of aliphatic hydroxyl groups excluding tert-OH is 1. The first kappa shape index (κ1) is 15.9. The van der Waals surface area contributed by atoms with Crippen LogP contribution in [0.25, 0.3) is 0 Å². The number of nitrogens with one attached hydrogen (secondary N) is 1. The summed E-state index contributed by atoms with van der Waals surface area (Å²) in [7, 11) is -3.69. The number of aromatic nitrogens is 1. The van der Waals surface area contributed by atoms with E-state index in [0.717, 1.165) is 0 Å². The highest BCUT2D eigenvalue weighted by Gasteiger charge is 2.20. The smallest absolute Gasteiger partial charge is 0.242 e. The summed E-state index contributed by atoms with van der Waals surface area (Å²) in [5, 5.41) is 8.63. The molecule has 0 saturated carbocycles. The molecule has 1 atom stereocenters. The predicted octanol–water partition coefficient (Wildman–Crippen LogP) is -0.881. The summed E-state index contributed by atoms with van der Waals surface area (Å²) in [4.78, 5) is 3.86. The fourth-order valence-corrected chi connectivity index (χ4v) is 2.77. The molecular formula is C13H16N2O5S. The van der Waals surface area contributed by atoms with Gasteiger partial charge in [0.25, 0.3) is 0 Å². The van der Waals surface area contributed by atoms with Crippen molar-refractivity contribution >= 4 is 10.0 Å². The zero-order valence-electron chi connectivity index (χ0n) is 11.3. The SMILES string of the molecule is O=S(=O)(NCC1COCCO1)c1cncc(C#CCO)c1. The van der Waals surface area contributed by atoms with E-state index >= 15 is 0 Å². The molecule has 2 heterocycles. The Labute approximate surface area is 123 Å². The maximum absolute atomic E-state index is 12.2.